The van der Waals surface area contributed by atoms with Gasteiger partial charge in [-0.2, -0.15) is 0 Å². The van der Waals surface area contributed by atoms with Gasteiger partial charge in [-0.05, 0) is 43.5 Å². The standard InChI is InChI=1S/C17H19N3O/c1-11-7-8-14-12(10-11)4-3-9-20(14)15-6-2-5-13(16(15)18)17(19)21/h2,5-8,10H,3-4,9,18H2,1H3,(H2,19,21). The van der Waals surface area contributed by atoms with E-state index in [-0.39, 0.29) is 0 Å². The van der Waals surface area contributed by atoms with E-state index in [0.717, 1.165) is 25.1 Å². The van der Waals surface area contributed by atoms with Crippen molar-refractivity contribution in [2.75, 3.05) is 17.2 Å². The Labute approximate surface area is 124 Å². The van der Waals surface area contributed by atoms with Crippen molar-refractivity contribution in [3.63, 3.8) is 0 Å². The van der Waals surface area contributed by atoms with E-state index in [1.54, 1.807) is 6.07 Å². The van der Waals surface area contributed by atoms with Gasteiger partial charge in [0, 0.05) is 12.2 Å². The van der Waals surface area contributed by atoms with Crippen LogP contribution in [0.25, 0.3) is 0 Å². The molecule has 3 rings (SSSR count). The van der Waals surface area contributed by atoms with E-state index in [0.29, 0.717) is 11.3 Å². The molecule has 0 spiro atoms. The van der Waals surface area contributed by atoms with Crippen molar-refractivity contribution in [1.29, 1.82) is 0 Å². The highest BCUT2D eigenvalue weighted by Crippen LogP contribution is 2.37. The fourth-order valence-corrected chi connectivity index (χ4v) is 2.98. The topological polar surface area (TPSA) is 72.3 Å². The van der Waals surface area contributed by atoms with Gasteiger partial charge in [-0.15, -0.1) is 0 Å². The lowest BCUT2D eigenvalue weighted by Gasteiger charge is -2.32. The average Bonchev–Trinajstić information content (AvgIpc) is 2.46. The highest BCUT2D eigenvalue weighted by Gasteiger charge is 2.21. The summed E-state index contributed by atoms with van der Waals surface area (Å²) in [7, 11) is 0. The van der Waals surface area contributed by atoms with Crippen molar-refractivity contribution in [1.82, 2.24) is 0 Å². The van der Waals surface area contributed by atoms with Crippen LogP contribution in [0.4, 0.5) is 17.1 Å². The van der Waals surface area contributed by atoms with Crippen LogP contribution >= 0.6 is 0 Å². The summed E-state index contributed by atoms with van der Waals surface area (Å²) in [6.07, 6.45) is 2.14. The second-order valence-electron chi connectivity index (χ2n) is 5.49. The Kier molecular flexibility index (Phi) is 3.29. The van der Waals surface area contributed by atoms with Crippen LogP contribution < -0.4 is 16.4 Å². The van der Waals surface area contributed by atoms with Gasteiger partial charge in [0.25, 0.3) is 5.91 Å². The summed E-state index contributed by atoms with van der Waals surface area (Å²) in [6, 6.07) is 11.9. The summed E-state index contributed by atoms with van der Waals surface area (Å²) in [6.45, 7) is 2.99. The molecular formula is C17H19N3O. The van der Waals surface area contributed by atoms with E-state index in [1.165, 1.54) is 16.8 Å². The van der Waals surface area contributed by atoms with Crippen LogP contribution in [0.2, 0.25) is 0 Å². The minimum atomic E-state index is -0.490. The second kappa shape index (κ2) is 5.13. The average molecular weight is 281 g/mol. The first kappa shape index (κ1) is 13.5. The lowest BCUT2D eigenvalue weighted by Crippen LogP contribution is -2.26. The van der Waals surface area contributed by atoms with Crippen LogP contribution in [-0.4, -0.2) is 12.5 Å². The van der Waals surface area contributed by atoms with E-state index < -0.39 is 5.91 Å². The summed E-state index contributed by atoms with van der Waals surface area (Å²) >= 11 is 0. The first-order valence-corrected chi connectivity index (χ1v) is 7.13. The number of nitrogens with two attached hydrogens (primary N) is 2. The number of carbonyl (C=O) groups excluding carboxylic acids is 1. The number of anilines is 3. The van der Waals surface area contributed by atoms with Gasteiger partial charge < -0.3 is 16.4 Å². The molecule has 108 valence electrons. The van der Waals surface area contributed by atoms with Crippen LogP contribution in [-0.2, 0) is 6.42 Å². The fraction of sp³-hybridized carbons (Fsp3) is 0.235. The zero-order valence-corrected chi connectivity index (χ0v) is 12.1. The van der Waals surface area contributed by atoms with E-state index in [1.807, 2.05) is 12.1 Å². The maximum Gasteiger partial charge on any atom is 0.250 e. The molecule has 0 bridgehead atoms. The summed E-state index contributed by atoms with van der Waals surface area (Å²) < 4.78 is 0. The summed E-state index contributed by atoms with van der Waals surface area (Å²) in [4.78, 5) is 13.7. The quantitative estimate of drug-likeness (QED) is 0.831. The number of carbonyl (C=O) groups is 1. The first-order valence-electron chi connectivity index (χ1n) is 7.13. The molecule has 1 amide bonds. The first-order chi connectivity index (χ1) is 10.1. The monoisotopic (exact) mass is 281 g/mol. The van der Waals surface area contributed by atoms with Crippen molar-refractivity contribution < 1.29 is 4.79 Å². The Morgan fingerprint density at radius 2 is 2.00 bits per heavy atom. The zero-order chi connectivity index (χ0) is 15.0. The fourth-order valence-electron chi connectivity index (χ4n) is 2.98. The molecule has 0 radical (unpaired) electrons. The van der Waals surface area contributed by atoms with Crippen LogP contribution in [0.5, 0.6) is 0 Å². The maximum atomic E-state index is 11.5. The van der Waals surface area contributed by atoms with Gasteiger partial charge in [-0.1, -0.05) is 23.8 Å². The Balaban J connectivity index is 2.11. The Morgan fingerprint density at radius 1 is 1.19 bits per heavy atom. The van der Waals surface area contributed by atoms with Crippen molar-refractivity contribution >= 4 is 23.0 Å². The third kappa shape index (κ3) is 2.33. The molecule has 2 aromatic carbocycles. The van der Waals surface area contributed by atoms with Gasteiger partial charge in [0.15, 0.2) is 0 Å². The van der Waals surface area contributed by atoms with E-state index >= 15 is 0 Å². The zero-order valence-electron chi connectivity index (χ0n) is 12.1. The molecule has 2 aromatic rings. The summed E-state index contributed by atoms with van der Waals surface area (Å²) in [5.41, 5.74) is 17.0. The molecule has 1 aliphatic heterocycles. The lowest BCUT2D eigenvalue weighted by atomic mass is 9.98. The Morgan fingerprint density at radius 3 is 2.76 bits per heavy atom. The largest absolute Gasteiger partial charge is 0.396 e. The molecule has 0 unspecified atom stereocenters. The number of hydrogen-bond acceptors (Lipinski definition) is 3. The third-order valence-electron chi connectivity index (χ3n) is 3.99. The molecule has 0 atom stereocenters. The predicted molar refractivity (Wildman–Crippen MR) is 85.9 cm³/mol. The molecule has 1 aliphatic rings. The molecule has 0 fully saturated rings. The number of benzene rings is 2. The number of fused-ring (bicyclic) bond motifs is 1. The van der Waals surface area contributed by atoms with Crippen molar-refractivity contribution in [3.8, 4) is 0 Å². The van der Waals surface area contributed by atoms with Gasteiger partial charge >= 0.3 is 0 Å². The molecule has 0 saturated heterocycles. The van der Waals surface area contributed by atoms with Crippen LogP contribution in [0.1, 0.15) is 27.9 Å². The van der Waals surface area contributed by atoms with Gasteiger partial charge in [0.05, 0.1) is 16.9 Å². The highest BCUT2D eigenvalue weighted by molar-refractivity contribution is 6.01. The minimum Gasteiger partial charge on any atom is -0.396 e. The van der Waals surface area contributed by atoms with Crippen molar-refractivity contribution in [3.05, 3.63) is 53.1 Å². The van der Waals surface area contributed by atoms with E-state index in [2.05, 4.69) is 30.0 Å². The predicted octanol–water partition coefficient (Wildman–Crippen LogP) is 2.76. The number of aryl methyl sites for hydroxylation is 2. The van der Waals surface area contributed by atoms with Gasteiger partial charge in [0.2, 0.25) is 0 Å². The smallest absolute Gasteiger partial charge is 0.250 e. The van der Waals surface area contributed by atoms with Crippen molar-refractivity contribution in [2.45, 2.75) is 19.8 Å². The molecule has 21 heavy (non-hydrogen) atoms. The van der Waals surface area contributed by atoms with E-state index in [4.69, 9.17) is 11.5 Å². The lowest BCUT2D eigenvalue weighted by molar-refractivity contribution is 0.100. The molecule has 0 saturated carbocycles. The highest BCUT2D eigenvalue weighted by atomic mass is 16.1. The summed E-state index contributed by atoms with van der Waals surface area (Å²) in [5.74, 6) is -0.490. The van der Waals surface area contributed by atoms with E-state index in [9.17, 15) is 4.79 Å². The molecule has 4 N–H and O–H groups in total. The number of nitrogen functional groups attached to an aromatic ring is 1. The molecular weight excluding hydrogens is 262 g/mol. The van der Waals surface area contributed by atoms with Crippen LogP contribution in [0.15, 0.2) is 36.4 Å². The molecule has 4 heteroatoms. The van der Waals surface area contributed by atoms with Gasteiger partial charge in [-0.3, -0.25) is 4.79 Å². The normalized spacial score (nSPS) is 13.9. The molecule has 0 aliphatic carbocycles. The molecule has 0 aromatic heterocycles. The second-order valence-corrected chi connectivity index (χ2v) is 5.49. The minimum absolute atomic E-state index is 0.381. The number of para-hydroxylation sites is 1. The van der Waals surface area contributed by atoms with Gasteiger partial charge in [0.1, 0.15) is 0 Å². The number of amides is 1. The Bertz CT molecular complexity index is 709. The SMILES string of the molecule is Cc1ccc2c(c1)CCCN2c1cccc(C(N)=O)c1N. The molecule has 4 nitrogen and oxygen atoms in total. The Hall–Kier alpha value is -2.49. The number of nitrogens with zero attached hydrogens (tertiary/aromatic N) is 1. The maximum absolute atomic E-state index is 11.5. The third-order valence-corrected chi connectivity index (χ3v) is 3.99. The summed E-state index contributed by atoms with van der Waals surface area (Å²) in [5, 5.41) is 0. The van der Waals surface area contributed by atoms with Crippen LogP contribution in [0, 0.1) is 6.92 Å². The van der Waals surface area contributed by atoms with Gasteiger partial charge in [-0.25, -0.2) is 0 Å². The molecule has 1 heterocycles. The number of primary amides is 1. The van der Waals surface area contributed by atoms with Crippen molar-refractivity contribution in [2.24, 2.45) is 5.73 Å². The number of rotatable bonds is 2. The van der Waals surface area contributed by atoms with Crippen LogP contribution in [0.3, 0.4) is 0 Å². The number of hydrogen-bond donors (Lipinski definition) is 2.